The molecule has 2 aliphatic heterocycles. The van der Waals surface area contributed by atoms with Crippen molar-refractivity contribution in [3.8, 4) is 66.8 Å². The SMILES string of the molecule is CC(C)(C)c1cc(-c2ccccc2)c(N2c3ccc(-c4ccc([Si](c5ccccc5)(c5ccccc5)c5ccccc5)cc4)cc3B3c4ccc(-c5ccccc5)cc4N(c4c(-c5ccccc5)cc(C(C)(C)C)cc4-c4ccccc4)c4cc(C(C)(C)C)cc2c43)c(-c2ccccc2)c1. The van der Waals surface area contributed by atoms with E-state index in [1.807, 2.05) is 0 Å². The Bertz CT molecular complexity index is 5090. The van der Waals surface area contributed by atoms with Gasteiger partial charge >= 0.3 is 0 Å². The minimum Gasteiger partial charge on any atom is -0.310 e. The van der Waals surface area contributed by atoms with Gasteiger partial charge in [-0.3, -0.25) is 0 Å². The Morgan fingerprint density at radius 1 is 0.230 bits per heavy atom. The van der Waals surface area contributed by atoms with Gasteiger partial charge in [0.2, 0.25) is 0 Å². The van der Waals surface area contributed by atoms with Crippen molar-refractivity contribution in [3.05, 3.63) is 356 Å². The Hall–Kier alpha value is -11.0. The van der Waals surface area contributed by atoms with Crippen LogP contribution in [0.3, 0.4) is 0 Å². The highest BCUT2D eigenvalue weighted by Crippen LogP contribution is 2.55. The molecule has 0 amide bonds. The topological polar surface area (TPSA) is 6.48 Å². The summed E-state index contributed by atoms with van der Waals surface area (Å²) in [6.07, 6.45) is 0. The molecule has 4 heteroatoms. The van der Waals surface area contributed by atoms with E-state index >= 15 is 0 Å². The van der Waals surface area contributed by atoms with Crippen molar-refractivity contribution >= 4 is 86.0 Å². The highest BCUT2D eigenvalue weighted by molar-refractivity contribution is 7.20. The Labute approximate surface area is 593 Å². The molecule has 0 aliphatic carbocycles. The van der Waals surface area contributed by atoms with Crippen LogP contribution >= 0.6 is 0 Å². The normalized spacial score (nSPS) is 12.8. The molecule has 2 heterocycles. The molecule has 14 aromatic carbocycles. The zero-order chi connectivity index (χ0) is 68.5. The van der Waals surface area contributed by atoms with E-state index < -0.39 is 8.07 Å². The van der Waals surface area contributed by atoms with Crippen molar-refractivity contribution in [3.63, 3.8) is 0 Å². The van der Waals surface area contributed by atoms with Gasteiger partial charge in [0.25, 0.3) is 6.71 Å². The van der Waals surface area contributed by atoms with Gasteiger partial charge in [0.15, 0.2) is 8.07 Å². The average molecular weight is 1300 g/mol. The maximum atomic E-state index is 2.72. The van der Waals surface area contributed by atoms with Crippen LogP contribution in [0, 0.1) is 0 Å². The fourth-order valence-electron chi connectivity index (χ4n) is 15.8. The van der Waals surface area contributed by atoms with Gasteiger partial charge in [-0.15, -0.1) is 0 Å². The van der Waals surface area contributed by atoms with Gasteiger partial charge in [-0.05, 0) is 163 Å². The first-order valence-corrected chi connectivity index (χ1v) is 37.5. The van der Waals surface area contributed by atoms with Crippen molar-refractivity contribution in [1.29, 1.82) is 0 Å². The summed E-state index contributed by atoms with van der Waals surface area (Å²) in [5.41, 5.74) is 28.0. The quantitative estimate of drug-likeness (QED) is 0.0889. The van der Waals surface area contributed by atoms with Crippen LogP contribution in [0.2, 0.25) is 0 Å². The van der Waals surface area contributed by atoms with Gasteiger partial charge in [-0.1, -0.05) is 353 Å². The monoisotopic (exact) mass is 1300 g/mol. The summed E-state index contributed by atoms with van der Waals surface area (Å²) in [6.45, 7) is 21.1. The number of anilines is 6. The zero-order valence-corrected chi connectivity index (χ0v) is 59.8. The number of fused-ring (bicyclic) bond motifs is 4. The molecular weight excluding hydrogens is 1220 g/mol. The third-order valence-electron chi connectivity index (χ3n) is 21.1. The summed E-state index contributed by atoms with van der Waals surface area (Å²) in [4.78, 5) is 5.43. The fraction of sp³-hybridized carbons (Fsp3) is 0.125. The molecule has 0 aromatic heterocycles. The maximum absolute atomic E-state index is 2.83. The lowest BCUT2D eigenvalue weighted by Crippen LogP contribution is -2.74. The van der Waals surface area contributed by atoms with Crippen molar-refractivity contribution in [2.75, 3.05) is 9.80 Å². The number of hydrogen-bond donors (Lipinski definition) is 0. The van der Waals surface area contributed by atoms with Gasteiger partial charge in [-0.25, -0.2) is 0 Å². The molecule has 2 aliphatic rings. The van der Waals surface area contributed by atoms with Crippen LogP contribution in [0.4, 0.5) is 34.1 Å². The van der Waals surface area contributed by atoms with E-state index in [0.717, 1.165) is 22.7 Å². The van der Waals surface area contributed by atoms with Crippen molar-refractivity contribution in [2.45, 2.75) is 78.6 Å². The van der Waals surface area contributed by atoms with Gasteiger partial charge < -0.3 is 9.80 Å². The molecule has 100 heavy (non-hydrogen) atoms. The van der Waals surface area contributed by atoms with E-state index in [2.05, 4.69) is 412 Å². The number of nitrogens with zero attached hydrogens (tertiary/aromatic N) is 2. The smallest absolute Gasteiger partial charge is 0.252 e. The summed E-state index contributed by atoms with van der Waals surface area (Å²) in [5.74, 6) is 0. The largest absolute Gasteiger partial charge is 0.310 e. The lowest BCUT2D eigenvalue weighted by Gasteiger charge is -2.47. The van der Waals surface area contributed by atoms with Crippen LogP contribution in [0.15, 0.2) is 340 Å². The third kappa shape index (κ3) is 11.3. The molecule has 0 spiro atoms. The molecule has 0 fully saturated rings. The summed E-state index contributed by atoms with van der Waals surface area (Å²) < 4.78 is 0. The highest BCUT2D eigenvalue weighted by Gasteiger charge is 2.47. The Morgan fingerprint density at radius 3 is 0.890 bits per heavy atom. The van der Waals surface area contributed by atoms with Crippen LogP contribution in [-0.4, -0.2) is 14.8 Å². The van der Waals surface area contributed by atoms with Gasteiger partial charge in [0, 0.05) is 45.0 Å². The van der Waals surface area contributed by atoms with Gasteiger partial charge in [-0.2, -0.15) is 0 Å². The second-order valence-electron chi connectivity index (χ2n) is 30.4. The first kappa shape index (κ1) is 63.7. The summed E-state index contributed by atoms with van der Waals surface area (Å²) in [6, 6.07) is 129. The van der Waals surface area contributed by atoms with E-state index in [9.17, 15) is 0 Å². The minimum atomic E-state index is -2.83. The van der Waals surface area contributed by atoms with E-state index in [1.165, 1.54) is 132 Å². The summed E-state index contributed by atoms with van der Waals surface area (Å²) in [7, 11) is -2.83. The lowest BCUT2D eigenvalue weighted by molar-refractivity contribution is 0.590. The molecule has 0 unspecified atom stereocenters. The molecule has 0 atom stereocenters. The van der Waals surface area contributed by atoms with Crippen molar-refractivity contribution in [1.82, 2.24) is 0 Å². The van der Waals surface area contributed by atoms with Crippen LogP contribution in [0.5, 0.6) is 0 Å². The molecule has 484 valence electrons. The van der Waals surface area contributed by atoms with Gasteiger partial charge in [0.05, 0.1) is 11.4 Å². The first-order chi connectivity index (χ1) is 48.5. The fourth-order valence-corrected chi connectivity index (χ4v) is 20.6. The highest BCUT2D eigenvalue weighted by atomic mass is 28.3. The Kier molecular flexibility index (Phi) is 16.1. The van der Waals surface area contributed by atoms with E-state index in [-0.39, 0.29) is 23.0 Å². The second kappa shape index (κ2) is 25.4. The van der Waals surface area contributed by atoms with E-state index in [4.69, 9.17) is 0 Å². The first-order valence-electron chi connectivity index (χ1n) is 35.5. The average Bonchev–Trinajstić information content (AvgIpc) is 0.686. The summed E-state index contributed by atoms with van der Waals surface area (Å²) in [5, 5.41) is 5.41. The predicted octanol–water partition coefficient (Wildman–Crippen LogP) is 21.0. The standard InChI is InChI=1S/C96H83BN2Si/c1-94(2,3)74-60-81(68-36-20-11-21-37-68)92(82(61-74)69-38-22-12-23-39-69)98-87-57-53-72(67-50-54-80(55-51-67)100(77-44-28-15-29-45-77,78-46-30-16-31-47-78)79-48-32-17-33-49-79)58-86(87)97-85-56-52-73(66-34-18-10-19-35-66)59-88(85)99(90-65-76(96(7,8)9)64-89(98)91(90)97)93-83(70-40-24-13-25-41-70)62-75(95(4,5)6)63-84(93)71-42-26-14-27-43-71/h10-65H,1-9H3. The molecule has 0 radical (unpaired) electrons. The predicted molar refractivity (Wildman–Crippen MR) is 433 cm³/mol. The van der Waals surface area contributed by atoms with E-state index in [0.29, 0.717) is 0 Å². The second-order valence-corrected chi connectivity index (χ2v) is 34.2. The molecule has 0 bridgehead atoms. The Morgan fingerprint density at radius 2 is 0.520 bits per heavy atom. The Balaban J connectivity index is 1.04. The molecular formula is C96H83BN2Si. The van der Waals surface area contributed by atoms with Crippen LogP contribution in [0.25, 0.3) is 66.8 Å². The molecule has 0 saturated heterocycles. The zero-order valence-electron chi connectivity index (χ0n) is 58.8. The van der Waals surface area contributed by atoms with Crippen molar-refractivity contribution in [2.24, 2.45) is 0 Å². The molecule has 0 saturated carbocycles. The number of benzene rings is 14. The third-order valence-corrected chi connectivity index (χ3v) is 25.8. The molecule has 14 aromatic rings. The number of rotatable bonds is 12. The molecule has 16 rings (SSSR count). The minimum absolute atomic E-state index is 0.170. The number of hydrogen-bond acceptors (Lipinski definition) is 2. The van der Waals surface area contributed by atoms with Gasteiger partial charge in [0.1, 0.15) is 0 Å². The van der Waals surface area contributed by atoms with Crippen LogP contribution < -0.4 is 46.9 Å². The molecule has 2 nitrogen and oxygen atoms in total. The lowest BCUT2D eigenvalue weighted by atomic mass is 9.33. The summed E-state index contributed by atoms with van der Waals surface area (Å²) >= 11 is 0. The van der Waals surface area contributed by atoms with E-state index in [1.54, 1.807) is 0 Å². The maximum Gasteiger partial charge on any atom is 0.252 e. The van der Waals surface area contributed by atoms with Crippen LogP contribution in [-0.2, 0) is 16.2 Å². The van der Waals surface area contributed by atoms with Crippen LogP contribution in [0.1, 0.15) is 79.0 Å². The molecule has 0 N–H and O–H groups in total. The van der Waals surface area contributed by atoms with Crippen molar-refractivity contribution < 1.29 is 0 Å².